The van der Waals surface area contributed by atoms with Crippen molar-refractivity contribution in [2.75, 3.05) is 18.9 Å². The summed E-state index contributed by atoms with van der Waals surface area (Å²) in [5, 5.41) is 5.07. The Bertz CT molecular complexity index is 570. The first-order valence-electron chi connectivity index (χ1n) is 6.50. The predicted molar refractivity (Wildman–Crippen MR) is 81.0 cm³/mol. The van der Waals surface area contributed by atoms with Gasteiger partial charge in [0.1, 0.15) is 11.5 Å². The molecular weight excluding hydrogens is 272 g/mol. The quantitative estimate of drug-likeness (QED) is 0.920. The lowest BCUT2D eigenvalue weighted by Gasteiger charge is -2.23. The fourth-order valence-electron chi connectivity index (χ4n) is 1.81. The lowest BCUT2D eigenvalue weighted by molar-refractivity contribution is 0.0738. The molecule has 1 atom stereocenters. The minimum atomic E-state index is -0.127. The fourth-order valence-corrected chi connectivity index (χ4v) is 2.64. The van der Waals surface area contributed by atoms with Gasteiger partial charge >= 0.3 is 0 Å². The van der Waals surface area contributed by atoms with Crippen LogP contribution in [-0.4, -0.2) is 34.4 Å². The molecule has 0 aliphatic carbocycles. The van der Waals surface area contributed by atoms with Crippen molar-refractivity contribution in [1.29, 1.82) is 0 Å². The van der Waals surface area contributed by atoms with Gasteiger partial charge in [0.2, 0.25) is 0 Å². The first-order chi connectivity index (χ1) is 9.63. The second-order valence-corrected chi connectivity index (χ2v) is 5.41. The Morgan fingerprint density at radius 2 is 2.30 bits per heavy atom. The second-order valence-electron chi connectivity index (χ2n) is 4.43. The van der Waals surface area contributed by atoms with Crippen molar-refractivity contribution in [3.05, 3.63) is 40.5 Å². The molecule has 5 nitrogen and oxygen atoms in total. The van der Waals surface area contributed by atoms with Crippen LogP contribution in [-0.2, 0) is 0 Å². The number of aromatic nitrogens is 2. The molecule has 2 aromatic rings. The van der Waals surface area contributed by atoms with Gasteiger partial charge in [-0.1, -0.05) is 6.07 Å². The molecule has 6 heteroatoms. The van der Waals surface area contributed by atoms with Crippen molar-refractivity contribution >= 4 is 23.1 Å². The molecule has 0 aromatic carbocycles. The Balaban J connectivity index is 2.16. The molecule has 2 rings (SSSR count). The Labute approximate surface area is 122 Å². The van der Waals surface area contributed by atoms with Crippen LogP contribution in [0.2, 0.25) is 0 Å². The third-order valence-corrected chi connectivity index (χ3v) is 4.11. The molecule has 0 aliphatic rings. The number of carbonyl (C=O) groups excluding carboxylic acids is 1. The van der Waals surface area contributed by atoms with E-state index in [2.05, 4.69) is 15.3 Å². The number of hydrogen-bond donors (Lipinski definition) is 1. The molecule has 0 aliphatic heterocycles. The topological polar surface area (TPSA) is 58.1 Å². The highest BCUT2D eigenvalue weighted by molar-refractivity contribution is 7.10. The van der Waals surface area contributed by atoms with E-state index in [0.717, 1.165) is 11.4 Å². The summed E-state index contributed by atoms with van der Waals surface area (Å²) in [5.74, 6) is 0.494. The largest absolute Gasteiger partial charge is 0.369 e. The van der Waals surface area contributed by atoms with E-state index < -0.39 is 0 Å². The van der Waals surface area contributed by atoms with Crippen LogP contribution >= 0.6 is 11.3 Å². The highest BCUT2D eigenvalue weighted by Crippen LogP contribution is 2.24. The summed E-state index contributed by atoms with van der Waals surface area (Å²) in [5.41, 5.74) is 0.356. The summed E-state index contributed by atoms with van der Waals surface area (Å²) in [6.45, 7) is 4.72. The molecule has 20 heavy (non-hydrogen) atoms. The van der Waals surface area contributed by atoms with Gasteiger partial charge in [-0.2, -0.15) is 0 Å². The van der Waals surface area contributed by atoms with E-state index in [9.17, 15) is 4.79 Å². The smallest absolute Gasteiger partial charge is 0.274 e. The first kappa shape index (κ1) is 14.5. The molecule has 1 unspecified atom stereocenters. The van der Waals surface area contributed by atoms with Crippen molar-refractivity contribution < 1.29 is 4.79 Å². The van der Waals surface area contributed by atoms with Crippen LogP contribution in [0.25, 0.3) is 0 Å². The number of amides is 1. The molecule has 106 valence electrons. The lowest BCUT2D eigenvalue weighted by Crippen LogP contribution is -2.30. The van der Waals surface area contributed by atoms with Gasteiger partial charge in [-0.15, -0.1) is 11.3 Å². The number of nitrogens with one attached hydrogen (secondary N) is 1. The summed E-state index contributed by atoms with van der Waals surface area (Å²) in [6, 6.07) is 4.03. The predicted octanol–water partition coefficient (Wildman–Crippen LogP) is 2.80. The van der Waals surface area contributed by atoms with Gasteiger partial charge in [-0.3, -0.25) is 9.78 Å². The number of anilines is 1. The fraction of sp³-hybridized carbons (Fsp3) is 0.357. The van der Waals surface area contributed by atoms with E-state index in [1.54, 1.807) is 29.5 Å². The minimum absolute atomic E-state index is 0.0205. The van der Waals surface area contributed by atoms with Gasteiger partial charge in [0.05, 0.1) is 18.4 Å². The molecule has 1 N–H and O–H groups in total. The van der Waals surface area contributed by atoms with Crippen LogP contribution in [0.3, 0.4) is 0 Å². The maximum Gasteiger partial charge on any atom is 0.274 e. The molecule has 1 amide bonds. The standard InChI is InChI=1S/C14H18N4OS/c1-4-16-13-9-15-8-11(17-13)14(19)18(3)10(2)12-6-5-7-20-12/h5-10H,4H2,1-3H3,(H,16,17). The van der Waals surface area contributed by atoms with E-state index in [0.29, 0.717) is 11.5 Å². The maximum atomic E-state index is 12.4. The van der Waals surface area contributed by atoms with Crippen molar-refractivity contribution in [1.82, 2.24) is 14.9 Å². The minimum Gasteiger partial charge on any atom is -0.369 e. The average Bonchev–Trinajstić information content (AvgIpc) is 3.00. The Morgan fingerprint density at radius 1 is 1.50 bits per heavy atom. The van der Waals surface area contributed by atoms with Crippen molar-refractivity contribution in [2.24, 2.45) is 0 Å². The molecule has 0 saturated heterocycles. The van der Waals surface area contributed by atoms with Crippen LogP contribution in [0, 0.1) is 0 Å². The second kappa shape index (κ2) is 6.47. The zero-order valence-electron chi connectivity index (χ0n) is 11.8. The van der Waals surface area contributed by atoms with E-state index in [-0.39, 0.29) is 11.9 Å². The third-order valence-electron chi connectivity index (χ3n) is 3.07. The molecule has 0 radical (unpaired) electrons. The van der Waals surface area contributed by atoms with Gasteiger partial charge in [0.15, 0.2) is 0 Å². The van der Waals surface area contributed by atoms with E-state index in [1.807, 2.05) is 31.4 Å². The van der Waals surface area contributed by atoms with Crippen LogP contribution in [0.5, 0.6) is 0 Å². The van der Waals surface area contributed by atoms with Gasteiger partial charge in [0.25, 0.3) is 5.91 Å². The molecule has 0 spiro atoms. The van der Waals surface area contributed by atoms with Crippen molar-refractivity contribution in [3.8, 4) is 0 Å². The average molecular weight is 290 g/mol. The highest BCUT2D eigenvalue weighted by Gasteiger charge is 2.21. The van der Waals surface area contributed by atoms with E-state index in [1.165, 1.54) is 6.20 Å². The van der Waals surface area contributed by atoms with E-state index in [4.69, 9.17) is 0 Å². The van der Waals surface area contributed by atoms with E-state index >= 15 is 0 Å². The Morgan fingerprint density at radius 3 is 2.95 bits per heavy atom. The Kier molecular flexibility index (Phi) is 4.68. The molecule has 2 heterocycles. The van der Waals surface area contributed by atoms with Crippen molar-refractivity contribution in [2.45, 2.75) is 19.9 Å². The number of hydrogen-bond acceptors (Lipinski definition) is 5. The number of rotatable bonds is 5. The monoisotopic (exact) mass is 290 g/mol. The summed E-state index contributed by atoms with van der Waals surface area (Å²) < 4.78 is 0. The van der Waals surface area contributed by atoms with Crippen LogP contribution in [0.1, 0.15) is 35.3 Å². The van der Waals surface area contributed by atoms with Crippen LogP contribution in [0.15, 0.2) is 29.9 Å². The summed E-state index contributed by atoms with van der Waals surface area (Å²) in [7, 11) is 1.79. The maximum absolute atomic E-state index is 12.4. The zero-order chi connectivity index (χ0) is 14.5. The zero-order valence-corrected chi connectivity index (χ0v) is 12.6. The number of carbonyl (C=O) groups is 1. The molecular formula is C14H18N4OS. The summed E-state index contributed by atoms with van der Waals surface area (Å²) >= 11 is 1.64. The SMILES string of the molecule is CCNc1cncc(C(=O)N(C)C(C)c2cccs2)n1. The molecule has 0 bridgehead atoms. The first-order valence-corrected chi connectivity index (χ1v) is 7.38. The van der Waals surface area contributed by atoms with Crippen LogP contribution < -0.4 is 5.32 Å². The number of nitrogens with zero attached hydrogens (tertiary/aromatic N) is 3. The van der Waals surface area contributed by atoms with Crippen LogP contribution in [0.4, 0.5) is 5.82 Å². The Hall–Kier alpha value is -1.95. The van der Waals surface area contributed by atoms with Gasteiger partial charge in [-0.05, 0) is 25.3 Å². The van der Waals surface area contributed by atoms with Gasteiger partial charge in [-0.25, -0.2) is 4.98 Å². The third kappa shape index (κ3) is 3.14. The van der Waals surface area contributed by atoms with Gasteiger partial charge < -0.3 is 10.2 Å². The molecule has 0 saturated carbocycles. The highest BCUT2D eigenvalue weighted by atomic mass is 32.1. The van der Waals surface area contributed by atoms with Crippen molar-refractivity contribution in [3.63, 3.8) is 0 Å². The molecule has 0 fully saturated rings. The number of thiophene rings is 1. The summed E-state index contributed by atoms with van der Waals surface area (Å²) in [4.78, 5) is 23.6. The molecule has 2 aromatic heterocycles. The normalized spacial score (nSPS) is 11.9. The van der Waals surface area contributed by atoms with Gasteiger partial charge in [0, 0.05) is 18.5 Å². The lowest BCUT2D eigenvalue weighted by atomic mass is 10.2. The summed E-state index contributed by atoms with van der Waals surface area (Å²) in [6.07, 6.45) is 3.11.